The molecule has 0 amide bonds. The van der Waals surface area contributed by atoms with Crippen LogP contribution in [0.15, 0.2) is 95.1 Å². The van der Waals surface area contributed by atoms with Crippen LogP contribution in [0, 0.1) is 45.9 Å². The predicted octanol–water partition coefficient (Wildman–Crippen LogP) is 7.83. The van der Waals surface area contributed by atoms with Crippen LogP contribution in [0.5, 0.6) is 5.75 Å². The Morgan fingerprint density at radius 2 is 1.43 bits per heavy atom. The summed E-state index contributed by atoms with van der Waals surface area (Å²) < 4.78 is 153. The number of H-pyrrole nitrogens is 2. The van der Waals surface area contributed by atoms with Gasteiger partial charge in [0.05, 0.1) is 33.5 Å². The first-order chi connectivity index (χ1) is 26.4. The molecule has 0 spiro atoms. The van der Waals surface area contributed by atoms with E-state index in [1.807, 2.05) is 15.5 Å². The van der Waals surface area contributed by atoms with Gasteiger partial charge in [0.2, 0.25) is 0 Å². The Morgan fingerprint density at radius 3 is 2.11 bits per heavy atom. The van der Waals surface area contributed by atoms with Crippen LogP contribution in [-0.2, 0) is 26.2 Å². The summed E-state index contributed by atoms with van der Waals surface area (Å²) in [6, 6.07) is 14.8. The first kappa shape index (κ1) is 38.9. The van der Waals surface area contributed by atoms with E-state index in [1.165, 1.54) is 6.07 Å². The summed E-state index contributed by atoms with van der Waals surface area (Å²) in [4.78, 5) is 8.99. The number of pyridine rings is 1. The van der Waals surface area contributed by atoms with Crippen LogP contribution in [0.3, 0.4) is 0 Å². The van der Waals surface area contributed by atoms with Crippen molar-refractivity contribution < 1.29 is 52.3 Å². The van der Waals surface area contributed by atoms with Crippen LogP contribution in [0.25, 0.3) is 32.7 Å². The van der Waals surface area contributed by atoms with Gasteiger partial charge in [0.15, 0.2) is 24.0 Å². The molecular weight excluding hydrogens is 796 g/mol. The van der Waals surface area contributed by atoms with E-state index in [2.05, 4.69) is 15.0 Å². The molecule has 286 valence electrons. The van der Waals surface area contributed by atoms with Gasteiger partial charge in [-0.2, -0.15) is 23.7 Å². The van der Waals surface area contributed by atoms with Crippen LogP contribution in [0.2, 0.25) is 0 Å². The second kappa shape index (κ2) is 14.8. The molecule has 0 saturated carbocycles. The van der Waals surface area contributed by atoms with Crippen molar-refractivity contribution >= 4 is 64.1 Å². The minimum Gasteiger partial charge on any atom is -0.476 e. The number of aromatic nitrogens is 3. The van der Waals surface area contributed by atoms with Crippen molar-refractivity contribution in [3.05, 3.63) is 120 Å². The van der Waals surface area contributed by atoms with E-state index in [0.717, 1.165) is 29.9 Å². The molecule has 0 unspecified atom stereocenters. The highest BCUT2D eigenvalue weighted by molar-refractivity contribution is 7.93. The van der Waals surface area contributed by atoms with E-state index >= 15 is 0 Å². The molecule has 0 atom stereocenters. The summed E-state index contributed by atoms with van der Waals surface area (Å²) in [5.41, 5.74) is -1.92. The van der Waals surface area contributed by atoms with Gasteiger partial charge < -0.3 is 14.7 Å². The fraction of sp³-hybridized carbons (Fsp3) is 0.0571. The van der Waals surface area contributed by atoms with Crippen molar-refractivity contribution in [1.82, 2.24) is 15.0 Å². The number of alkyl halides is 3. The molecule has 3 heterocycles. The zero-order chi connectivity index (χ0) is 40.6. The maximum atomic E-state index is 14.3. The van der Waals surface area contributed by atoms with Crippen molar-refractivity contribution in [3.8, 4) is 17.9 Å². The molecule has 7 aromatic rings. The van der Waals surface area contributed by atoms with E-state index in [0.29, 0.717) is 46.8 Å². The number of benzene rings is 4. The average Bonchev–Trinajstić information content (AvgIpc) is 3.79. The summed E-state index contributed by atoms with van der Waals surface area (Å²) in [5, 5.41) is 18.2. The van der Waals surface area contributed by atoms with Crippen LogP contribution in [0.4, 0.5) is 42.1 Å². The summed E-state index contributed by atoms with van der Waals surface area (Å²) in [5.74, 6) is -4.87. The van der Waals surface area contributed by atoms with E-state index in [4.69, 9.17) is 15.3 Å². The highest BCUT2D eigenvalue weighted by atomic mass is 32.2. The molecule has 0 bridgehead atoms. The van der Waals surface area contributed by atoms with Crippen LogP contribution in [0.1, 0.15) is 11.1 Å². The Kier molecular flexibility index (Phi) is 10.3. The molecule has 7 rings (SSSR count). The van der Waals surface area contributed by atoms with Gasteiger partial charge in [-0.25, -0.2) is 34.4 Å². The van der Waals surface area contributed by atoms with E-state index in [1.54, 1.807) is 30.5 Å². The van der Waals surface area contributed by atoms with Gasteiger partial charge >= 0.3 is 6.18 Å². The molecule has 0 aliphatic rings. The molecule has 4 N–H and O–H groups in total. The highest BCUT2D eigenvalue weighted by Crippen LogP contribution is 2.34. The minimum atomic E-state index is -4.61. The number of rotatable bonds is 8. The summed E-state index contributed by atoms with van der Waals surface area (Å²) in [6.45, 7) is -0.475. The maximum Gasteiger partial charge on any atom is 0.416 e. The fourth-order valence-electron chi connectivity index (χ4n) is 5.36. The SMILES string of the molecule is N#CCOc1cc(F)c(NS(=O)(=O)c2cnc3c2ccc2ccc[nH]c23)cc1F.N#Cc1cc(F)c(NS(=O)(=O)c2c[nH]c3cc(C(F)(F)F)ccc23)cc1F. The van der Waals surface area contributed by atoms with E-state index in [9.17, 15) is 47.6 Å². The molecule has 12 nitrogen and oxygen atoms in total. The molecule has 0 aliphatic carbocycles. The van der Waals surface area contributed by atoms with Crippen molar-refractivity contribution in [2.45, 2.75) is 16.0 Å². The monoisotopic (exact) mass is 815 g/mol. The number of hydrogen-bond donors (Lipinski definition) is 4. The molecule has 4 aromatic carbocycles. The molecule has 0 fully saturated rings. The Morgan fingerprint density at radius 1 is 0.768 bits per heavy atom. The van der Waals surface area contributed by atoms with Crippen LogP contribution in [-0.4, -0.2) is 38.4 Å². The minimum absolute atomic E-state index is 0.0648. The number of hydrogen-bond acceptors (Lipinski definition) is 8. The Balaban J connectivity index is 0.000000190. The number of fused-ring (bicyclic) bond motifs is 4. The Bertz CT molecular complexity index is 2990. The van der Waals surface area contributed by atoms with Gasteiger partial charge in [0.1, 0.15) is 33.6 Å². The number of nitrogens with one attached hydrogen (secondary N) is 4. The fourth-order valence-corrected chi connectivity index (χ4v) is 7.80. The van der Waals surface area contributed by atoms with Crippen molar-refractivity contribution in [2.24, 2.45) is 0 Å². The third-order valence-electron chi connectivity index (χ3n) is 7.92. The first-order valence-electron chi connectivity index (χ1n) is 15.4. The lowest BCUT2D eigenvalue weighted by Crippen LogP contribution is -2.14. The Labute approximate surface area is 310 Å². The number of halogens is 7. The highest BCUT2D eigenvalue weighted by Gasteiger charge is 2.31. The first-order valence-corrected chi connectivity index (χ1v) is 18.4. The number of aromatic amines is 2. The smallest absolute Gasteiger partial charge is 0.416 e. The average molecular weight is 816 g/mol. The lowest BCUT2D eigenvalue weighted by molar-refractivity contribution is -0.137. The van der Waals surface area contributed by atoms with Crippen molar-refractivity contribution in [3.63, 3.8) is 0 Å². The largest absolute Gasteiger partial charge is 0.476 e. The molecular formula is C35H20F7N7O5S2. The molecule has 0 radical (unpaired) electrons. The lowest BCUT2D eigenvalue weighted by atomic mass is 10.1. The zero-order valence-corrected chi connectivity index (χ0v) is 29.3. The molecule has 3 aromatic heterocycles. The van der Waals surface area contributed by atoms with Gasteiger partial charge in [-0.1, -0.05) is 24.3 Å². The quantitative estimate of drug-likeness (QED) is 0.111. The van der Waals surface area contributed by atoms with Gasteiger partial charge in [0, 0.05) is 58.5 Å². The second-order valence-electron chi connectivity index (χ2n) is 11.5. The van der Waals surface area contributed by atoms with Crippen molar-refractivity contribution in [1.29, 1.82) is 10.5 Å². The number of ether oxygens (including phenoxy) is 1. The lowest BCUT2D eigenvalue weighted by Gasteiger charge is -2.11. The maximum absolute atomic E-state index is 14.3. The van der Waals surface area contributed by atoms with E-state index < -0.39 is 89.2 Å². The number of nitrogens with zero attached hydrogens (tertiary/aromatic N) is 3. The van der Waals surface area contributed by atoms with Gasteiger partial charge in [-0.3, -0.25) is 14.4 Å². The normalized spacial score (nSPS) is 11.8. The standard InChI is InChI=1S/C19H12F2N4O3S.C16H8F5N3O2S/c20-13-9-16(28-7-5-22)14(21)8-15(13)25-29(26,27)17-10-24-19-12(17)4-3-11-2-1-6-23-18(11)19;17-11-5-14(12(18)3-8(11)6-22)24-27(25,26)15-7-23-13-4-9(16(19,20)21)1-2-10(13)15/h1-4,6,8-10,23,25H,7H2;1-5,7,23-24H. The summed E-state index contributed by atoms with van der Waals surface area (Å²) in [7, 11) is -8.72. The van der Waals surface area contributed by atoms with Crippen molar-refractivity contribution in [2.75, 3.05) is 16.1 Å². The topological polar surface area (TPSA) is 194 Å². The van der Waals surface area contributed by atoms with Crippen LogP contribution >= 0.6 is 0 Å². The number of anilines is 2. The summed E-state index contributed by atoms with van der Waals surface area (Å²) >= 11 is 0. The number of nitriles is 2. The van der Waals surface area contributed by atoms with Gasteiger partial charge in [-0.05, 0) is 24.3 Å². The van der Waals surface area contributed by atoms with Gasteiger partial charge in [-0.15, -0.1) is 0 Å². The predicted molar refractivity (Wildman–Crippen MR) is 187 cm³/mol. The Hall–Kier alpha value is -6.84. The van der Waals surface area contributed by atoms with Crippen LogP contribution < -0.4 is 14.2 Å². The molecule has 56 heavy (non-hydrogen) atoms. The molecule has 0 saturated heterocycles. The number of sulfonamides is 2. The third-order valence-corrected chi connectivity index (χ3v) is 10.7. The summed E-state index contributed by atoms with van der Waals surface area (Å²) in [6.07, 6.45) is -0.826. The molecule has 21 heteroatoms. The van der Waals surface area contributed by atoms with Gasteiger partial charge in [0.25, 0.3) is 20.0 Å². The zero-order valence-electron chi connectivity index (χ0n) is 27.6. The second-order valence-corrected chi connectivity index (χ2v) is 14.8. The molecule has 0 aliphatic heterocycles. The third kappa shape index (κ3) is 7.71. The van der Waals surface area contributed by atoms with E-state index in [-0.39, 0.29) is 15.8 Å².